The molecule has 1 aromatic heterocycles. The Morgan fingerprint density at radius 1 is 1.23 bits per heavy atom. The predicted molar refractivity (Wildman–Crippen MR) is 127 cm³/mol. The van der Waals surface area contributed by atoms with E-state index in [1.807, 2.05) is 12.1 Å². The van der Waals surface area contributed by atoms with E-state index in [4.69, 9.17) is 0 Å². The van der Waals surface area contributed by atoms with Crippen molar-refractivity contribution in [3.8, 4) is 6.07 Å². The zero-order valence-electron chi connectivity index (χ0n) is 19.3. The molecule has 4 heteroatoms. The van der Waals surface area contributed by atoms with Gasteiger partial charge in [-0.05, 0) is 48.9 Å². The lowest BCUT2D eigenvalue weighted by Crippen LogP contribution is -2.50. The van der Waals surface area contributed by atoms with Crippen LogP contribution in [0.25, 0.3) is 17.0 Å². The Balaban J connectivity index is 1.71. The lowest BCUT2D eigenvalue weighted by molar-refractivity contribution is 0.109. The van der Waals surface area contributed by atoms with E-state index in [9.17, 15) is 5.26 Å². The SMILES string of the molecule is C=Cc1ccc2c(cc(C#N)n2CC(C)N2CCN(C(=C)CC(C)(C)C)CC2)c1C. The van der Waals surface area contributed by atoms with Gasteiger partial charge in [0.25, 0.3) is 0 Å². The van der Waals surface area contributed by atoms with Gasteiger partial charge >= 0.3 is 0 Å². The average molecular weight is 405 g/mol. The van der Waals surface area contributed by atoms with Crippen molar-refractivity contribution >= 4 is 17.0 Å². The minimum absolute atomic E-state index is 0.272. The summed E-state index contributed by atoms with van der Waals surface area (Å²) in [5.74, 6) is 0. The average Bonchev–Trinajstić information content (AvgIpc) is 3.05. The van der Waals surface area contributed by atoms with Gasteiger partial charge in [0.05, 0.1) is 0 Å². The summed E-state index contributed by atoms with van der Waals surface area (Å²) in [6, 6.07) is 9.02. The van der Waals surface area contributed by atoms with Crippen LogP contribution in [0.15, 0.2) is 37.1 Å². The number of hydrogen-bond donors (Lipinski definition) is 0. The molecule has 160 valence electrons. The molecular weight excluding hydrogens is 368 g/mol. The second kappa shape index (κ2) is 8.70. The molecule has 0 radical (unpaired) electrons. The summed E-state index contributed by atoms with van der Waals surface area (Å²) in [5.41, 5.74) is 5.72. The summed E-state index contributed by atoms with van der Waals surface area (Å²) in [5, 5.41) is 10.9. The molecule has 30 heavy (non-hydrogen) atoms. The molecule has 0 N–H and O–H groups in total. The third-order valence-electron chi connectivity index (χ3n) is 6.30. The quantitative estimate of drug-likeness (QED) is 0.645. The number of rotatable bonds is 6. The number of benzene rings is 1. The minimum atomic E-state index is 0.272. The van der Waals surface area contributed by atoms with Gasteiger partial charge < -0.3 is 9.47 Å². The van der Waals surface area contributed by atoms with Crippen LogP contribution in [0.4, 0.5) is 0 Å². The number of allylic oxidation sites excluding steroid dienone is 1. The molecule has 0 amide bonds. The highest BCUT2D eigenvalue weighted by molar-refractivity contribution is 5.88. The molecule has 1 atom stereocenters. The number of aromatic nitrogens is 1. The molecule has 3 rings (SSSR count). The van der Waals surface area contributed by atoms with Gasteiger partial charge in [-0.25, -0.2) is 0 Å². The summed E-state index contributed by atoms with van der Waals surface area (Å²) < 4.78 is 2.19. The fourth-order valence-corrected chi connectivity index (χ4v) is 4.59. The number of fused-ring (bicyclic) bond motifs is 1. The fourth-order valence-electron chi connectivity index (χ4n) is 4.59. The molecule has 1 fully saturated rings. The van der Waals surface area contributed by atoms with E-state index in [1.165, 1.54) is 11.3 Å². The van der Waals surface area contributed by atoms with E-state index in [0.29, 0.717) is 6.04 Å². The van der Waals surface area contributed by atoms with Crippen LogP contribution in [0.1, 0.15) is 50.9 Å². The van der Waals surface area contributed by atoms with Gasteiger partial charge in [0.2, 0.25) is 0 Å². The van der Waals surface area contributed by atoms with Crippen LogP contribution >= 0.6 is 0 Å². The lowest BCUT2D eigenvalue weighted by atomic mass is 9.90. The third-order valence-corrected chi connectivity index (χ3v) is 6.30. The molecule has 1 unspecified atom stereocenters. The number of nitrogens with zero attached hydrogens (tertiary/aromatic N) is 4. The highest BCUT2D eigenvalue weighted by Crippen LogP contribution is 2.28. The molecule has 0 bridgehead atoms. The molecule has 0 aliphatic carbocycles. The minimum Gasteiger partial charge on any atom is -0.373 e. The van der Waals surface area contributed by atoms with Crippen LogP contribution in [0.2, 0.25) is 0 Å². The monoisotopic (exact) mass is 404 g/mol. The zero-order chi connectivity index (χ0) is 22.1. The van der Waals surface area contributed by atoms with Crippen molar-refractivity contribution in [2.75, 3.05) is 26.2 Å². The van der Waals surface area contributed by atoms with Gasteiger partial charge in [-0.3, -0.25) is 4.90 Å². The number of nitriles is 1. The predicted octanol–water partition coefficient (Wildman–Crippen LogP) is 5.42. The molecule has 1 aromatic carbocycles. The van der Waals surface area contributed by atoms with Crippen LogP contribution in [0.5, 0.6) is 0 Å². The summed E-state index contributed by atoms with van der Waals surface area (Å²) in [6.07, 6.45) is 2.92. The van der Waals surface area contributed by atoms with E-state index in [0.717, 1.165) is 61.3 Å². The van der Waals surface area contributed by atoms with E-state index in [1.54, 1.807) is 0 Å². The number of piperazine rings is 1. The van der Waals surface area contributed by atoms with E-state index < -0.39 is 0 Å². The summed E-state index contributed by atoms with van der Waals surface area (Å²) >= 11 is 0. The Morgan fingerprint density at radius 3 is 2.47 bits per heavy atom. The topological polar surface area (TPSA) is 35.2 Å². The second-order valence-electron chi connectivity index (χ2n) is 9.84. The van der Waals surface area contributed by atoms with Crippen molar-refractivity contribution < 1.29 is 0 Å². The van der Waals surface area contributed by atoms with Crippen molar-refractivity contribution in [2.24, 2.45) is 5.41 Å². The summed E-state index contributed by atoms with van der Waals surface area (Å²) in [6.45, 7) is 24.4. The smallest absolute Gasteiger partial charge is 0.121 e. The maximum Gasteiger partial charge on any atom is 0.121 e. The van der Waals surface area contributed by atoms with Crippen LogP contribution in [-0.4, -0.2) is 46.6 Å². The number of hydrogen-bond acceptors (Lipinski definition) is 3. The van der Waals surface area contributed by atoms with Gasteiger partial charge in [-0.2, -0.15) is 5.26 Å². The Morgan fingerprint density at radius 2 is 1.90 bits per heavy atom. The molecule has 1 aliphatic rings. The van der Waals surface area contributed by atoms with Gasteiger partial charge in [-0.15, -0.1) is 0 Å². The largest absolute Gasteiger partial charge is 0.373 e. The molecule has 2 aromatic rings. The Bertz CT molecular complexity index is 975. The maximum atomic E-state index is 9.73. The molecule has 1 saturated heterocycles. The summed E-state index contributed by atoms with van der Waals surface area (Å²) in [4.78, 5) is 4.99. The third kappa shape index (κ3) is 4.63. The first-order valence-electron chi connectivity index (χ1n) is 11.0. The highest BCUT2D eigenvalue weighted by Gasteiger charge is 2.25. The van der Waals surface area contributed by atoms with Crippen LogP contribution in [-0.2, 0) is 6.54 Å². The number of aryl methyl sites for hydroxylation is 1. The first-order chi connectivity index (χ1) is 14.1. The van der Waals surface area contributed by atoms with Crippen LogP contribution < -0.4 is 0 Å². The highest BCUT2D eigenvalue weighted by atomic mass is 15.3. The second-order valence-corrected chi connectivity index (χ2v) is 9.84. The van der Waals surface area contributed by atoms with Gasteiger partial charge in [0.1, 0.15) is 11.8 Å². The van der Waals surface area contributed by atoms with Gasteiger partial charge in [0.15, 0.2) is 0 Å². The van der Waals surface area contributed by atoms with Gasteiger partial charge in [-0.1, -0.05) is 46.1 Å². The Labute approximate surface area is 182 Å². The summed E-state index contributed by atoms with van der Waals surface area (Å²) in [7, 11) is 0. The fraction of sp³-hybridized carbons (Fsp3) is 0.500. The molecule has 4 nitrogen and oxygen atoms in total. The normalized spacial score (nSPS) is 16.5. The van der Waals surface area contributed by atoms with Crippen LogP contribution in [0, 0.1) is 23.7 Å². The first kappa shape index (κ1) is 22.2. The molecule has 1 aliphatic heterocycles. The molecule has 0 spiro atoms. The van der Waals surface area contributed by atoms with E-state index in [2.05, 4.69) is 80.3 Å². The lowest BCUT2D eigenvalue weighted by Gasteiger charge is -2.41. The Hall–Kier alpha value is -2.51. The van der Waals surface area contributed by atoms with Crippen molar-refractivity contribution in [2.45, 2.75) is 53.6 Å². The first-order valence-corrected chi connectivity index (χ1v) is 11.0. The Kier molecular flexibility index (Phi) is 6.43. The maximum absolute atomic E-state index is 9.73. The van der Waals surface area contributed by atoms with Crippen molar-refractivity contribution in [3.63, 3.8) is 0 Å². The molecule has 2 heterocycles. The zero-order valence-corrected chi connectivity index (χ0v) is 19.3. The standard InChI is InChI=1S/C26H36N4/c1-8-22-9-10-25-24(21(22)4)15-23(17-27)30(25)18-20(3)29-13-11-28(12-14-29)19(2)16-26(5,6)7/h8-10,15,20H,1-2,11-14,16,18H2,3-7H3. The van der Waals surface area contributed by atoms with Gasteiger partial charge in [0, 0.05) is 55.4 Å². The van der Waals surface area contributed by atoms with E-state index in [-0.39, 0.29) is 5.41 Å². The molecular formula is C26H36N4. The van der Waals surface area contributed by atoms with E-state index >= 15 is 0 Å². The van der Waals surface area contributed by atoms with Crippen molar-refractivity contribution in [1.29, 1.82) is 5.26 Å². The van der Waals surface area contributed by atoms with Crippen molar-refractivity contribution in [1.82, 2.24) is 14.4 Å². The molecule has 0 saturated carbocycles. The van der Waals surface area contributed by atoms with Crippen molar-refractivity contribution in [3.05, 3.63) is 53.9 Å². The van der Waals surface area contributed by atoms with Crippen LogP contribution in [0.3, 0.4) is 0 Å².